The molecule has 0 atom stereocenters. The Hall–Kier alpha value is -3.89. The number of hydrogen-bond donors (Lipinski definition) is 1. The molecule has 0 aliphatic carbocycles. The molecule has 3 aromatic carbocycles. The SMILES string of the molecule is COc1ccccc1N1CCN(S(=O)(=O)c2ccc(NC(=O)c3ccc(OC(C)=O)cc3)cc2)CC1. The first-order chi connectivity index (χ1) is 17.3. The van der Waals surface area contributed by atoms with Crippen LogP contribution in [0.2, 0.25) is 0 Å². The molecule has 0 aromatic heterocycles. The minimum atomic E-state index is -3.67. The minimum Gasteiger partial charge on any atom is -0.495 e. The van der Waals surface area contributed by atoms with Gasteiger partial charge in [-0.05, 0) is 60.7 Å². The number of piperazine rings is 1. The molecular weight excluding hydrogens is 482 g/mol. The van der Waals surface area contributed by atoms with E-state index < -0.39 is 16.0 Å². The standard InChI is InChI=1S/C26H27N3O6S/c1-19(30)35-22-11-7-20(8-12-22)26(31)27-21-9-13-23(14-10-21)36(32,33)29-17-15-28(16-18-29)24-5-3-4-6-25(24)34-2/h3-14H,15-18H2,1-2H3,(H,27,31). The van der Waals surface area contributed by atoms with E-state index in [4.69, 9.17) is 9.47 Å². The summed E-state index contributed by atoms with van der Waals surface area (Å²) in [6.45, 7) is 3.09. The molecule has 10 heteroatoms. The molecule has 1 aliphatic heterocycles. The van der Waals surface area contributed by atoms with Crippen LogP contribution in [0.3, 0.4) is 0 Å². The Bertz CT molecular complexity index is 1330. The van der Waals surface area contributed by atoms with Crippen molar-refractivity contribution in [2.24, 2.45) is 0 Å². The third kappa shape index (κ3) is 5.67. The Labute approximate surface area is 210 Å². The highest BCUT2D eigenvalue weighted by Gasteiger charge is 2.29. The number of methoxy groups -OCH3 is 1. The molecule has 1 aliphatic rings. The first-order valence-corrected chi connectivity index (χ1v) is 12.8. The fraction of sp³-hybridized carbons (Fsp3) is 0.231. The van der Waals surface area contributed by atoms with Crippen molar-refractivity contribution in [1.29, 1.82) is 0 Å². The second-order valence-electron chi connectivity index (χ2n) is 8.16. The Balaban J connectivity index is 1.37. The molecule has 0 spiro atoms. The highest BCUT2D eigenvalue weighted by Crippen LogP contribution is 2.29. The van der Waals surface area contributed by atoms with Gasteiger partial charge in [-0.3, -0.25) is 9.59 Å². The quantitative estimate of drug-likeness (QED) is 0.385. The van der Waals surface area contributed by atoms with Crippen LogP contribution >= 0.6 is 0 Å². The molecule has 1 fully saturated rings. The number of nitrogens with one attached hydrogen (secondary N) is 1. The van der Waals surface area contributed by atoms with E-state index in [0.29, 0.717) is 43.2 Å². The molecule has 9 nitrogen and oxygen atoms in total. The number of nitrogens with zero attached hydrogens (tertiary/aromatic N) is 2. The lowest BCUT2D eigenvalue weighted by Gasteiger charge is -2.35. The van der Waals surface area contributed by atoms with Crippen LogP contribution in [0.25, 0.3) is 0 Å². The van der Waals surface area contributed by atoms with Crippen molar-refractivity contribution in [2.45, 2.75) is 11.8 Å². The summed E-state index contributed by atoms with van der Waals surface area (Å²) in [4.78, 5) is 25.8. The van der Waals surface area contributed by atoms with E-state index in [0.717, 1.165) is 11.4 Å². The van der Waals surface area contributed by atoms with Crippen molar-refractivity contribution in [3.63, 3.8) is 0 Å². The average Bonchev–Trinajstić information content (AvgIpc) is 2.89. The van der Waals surface area contributed by atoms with Crippen molar-refractivity contribution < 1.29 is 27.5 Å². The van der Waals surface area contributed by atoms with Crippen LogP contribution in [0.1, 0.15) is 17.3 Å². The van der Waals surface area contributed by atoms with Gasteiger partial charge >= 0.3 is 5.97 Å². The minimum absolute atomic E-state index is 0.164. The van der Waals surface area contributed by atoms with Crippen LogP contribution in [0.5, 0.6) is 11.5 Å². The van der Waals surface area contributed by atoms with Crippen molar-refractivity contribution >= 4 is 33.3 Å². The summed E-state index contributed by atoms with van der Waals surface area (Å²) < 4.78 is 38.2. The number of hydrogen-bond acceptors (Lipinski definition) is 7. The Morgan fingerprint density at radius 2 is 1.50 bits per heavy atom. The zero-order valence-electron chi connectivity index (χ0n) is 20.0. The first-order valence-electron chi connectivity index (χ1n) is 11.4. The Kier molecular flexibility index (Phi) is 7.56. The maximum atomic E-state index is 13.2. The third-order valence-electron chi connectivity index (χ3n) is 5.79. The molecule has 1 amide bonds. The Morgan fingerprint density at radius 3 is 2.11 bits per heavy atom. The smallest absolute Gasteiger partial charge is 0.308 e. The van der Waals surface area contributed by atoms with E-state index in [2.05, 4.69) is 10.2 Å². The van der Waals surface area contributed by atoms with Gasteiger partial charge in [-0.1, -0.05) is 12.1 Å². The fourth-order valence-corrected chi connectivity index (χ4v) is 5.39. The zero-order chi connectivity index (χ0) is 25.7. The molecule has 36 heavy (non-hydrogen) atoms. The molecule has 3 aromatic rings. The average molecular weight is 510 g/mol. The van der Waals surface area contributed by atoms with Crippen molar-refractivity contribution in [3.8, 4) is 11.5 Å². The maximum absolute atomic E-state index is 13.2. The van der Waals surface area contributed by atoms with Gasteiger partial charge in [0.15, 0.2) is 0 Å². The van der Waals surface area contributed by atoms with Crippen molar-refractivity contribution in [1.82, 2.24) is 4.31 Å². The van der Waals surface area contributed by atoms with E-state index in [1.54, 1.807) is 19.2 Å². The lowest BCUT2D eigenvalue weighted by atomic mass is 10.2. The number of amides is 1. The number of esters is 1. The van der Waals surface area contributed by atoms with Gasteiger partial charge in [0, 0.05) is 44.4 Å². The van der Waals surface area contributed by atoms with Gasteiger partial charge in [-0.15, -0.1) is 0 Å². The van der Waals surface area contributed by atoms with E-state index in [9.17, 15) is 18.0 Å². The van der Waals surface area contributed by atoms with Gasteiger partial charge in [0.1, 0.15) is 11.5 Å². The maximum Gasteiger partial charge on any atom is 0.308 e. The van der Waals surface area contributed by atoms with E-state index in [1.807, 2.05) is 24.3 Å². The molecule has 1 N–H and O–H groups in total. The molecule has 0 radical (unpaired) electrons. The Morgan fingerprint density at radius 1 is 0.861 bits per heavy atom. The molecule has 1 heterocycles. The second kappa shape index (κ2) is 10.8. The number of anilines is 2. The van der Waals surface area contributed by atoms with E-state index in [-0.39, 0.29) is 10.8 Å². The van der Waals surface area contributed by atoms with Gasteiger partial charge < -0.3 is 19.7 Å². The van der Waals surface area contributed by atoms with E-state index >= 15 is 0 Å². The molecule has 1 saturated heterocycles. The zero-order valence-corrected chi connectivity index (χ0v) is 20.8. The first kappa shape index (κ1) is 25.2. The fourth-order valence-electron chi connectivity index (χ4n) is 3.96. The van der Waals surface area contributed by atoms with Gasteiger partial charge in [0.2, 0.25) is 10.0 Å². The highest BCUT2D eigenvalue weighted by molar-refractivity contribution is 7.89. The number of rotatable bonds is 7. The lowest BCUT2D eigenvalue weighted by molar-refractivity contribution is -0.131. The number of sulfonamides is 1. The second-order valence-corrected chi connectivity index (χ2v) is 10.1. The number of carbonyl (C=O) groups is 2. The number of benzene rings is 3. The van der Waals surface area contributed by atoms with E-state index in [1.165, 1.54) is 47.6 Å². The summed E-state index contributed by atoms with van der Waals surface area (Å²) in [5, 5.41) is 2.74. The normalized spacial score (nSPS) is 14.2. The molecule has 0 saturated carbocycles. The van der Waals surface area contributed by atoms with Crippen LogP contribution < -0.4 is 19.7 Å². The largest absolute Gasteiger partial charge is 0.495 e. The topological polar surface area (TPSA) is 105 Å². The summed E-state index contributed by atoms with van der Waals surface area (Å²) in [5.74, 6) is 0.289. The number of carbonyl (C=O) groups excluding carboxylic acids is 2. The molecule has 0 bridgehead atoms. The lowest BCUT2D eigenvalue weighted by Crippen LogP contribution is -2.48. The van der Waals surface area contributed by atoms with Crippen LogP contribution in [-0.2, 0) is 14.8 Å². The highest BCUT2D eigenvalue weighted by atomic mass is 32.2. The summed E-state index contributed by atoms with van der Waals surface area (Å²) in [6, 6.07) is 19.9. The van der Waals surface area contributed by atoms with Gasteiger partial charge in [-0.25, -0.2) is 8.42 Å². The van der Waals surface area contributed by atoms with Crippen molar-refractivity contribution in [3.05, 3.63) is 78.4 Å². The number of para-hydroxylation sites is 2. The van der Waals surface area contributed by atoms with Gasteiger partial charge in [0.05, 0.1) is 17.7 Å². The molecule has 0 unspecified atom stereocenters. The molecule has 4 rings (SSSR count). The van der Waals surface area contributed by atoms with Crippen molar-refractivity contribution in [2.75, 3.05) is 43.5 Å². The number of ether oxygens (including phenoxy) is 2. The summed E-state index contributed by atoms with van der Waals surface area (Å²) in [6.07, 6.45) is 0. The molecule has 188 valence electrons. The molecular formula is C26H27N3O6S. The summed E-state index contributed by atoms with van der Waals surface area (Å²) in [7, 11) is -2.06. The summed E-state index contributed by atoms with van der Waals surface area (Å²) >= 11 is 0. The summed E-state index contributed by atoms with van der Waals surface area (Å²) in [5.41, 5.74) is 1.78. The third-order valence-corrected chi connectivity index (χ3v) is 7.71. The van der Waals surface area contributed by atoms with Crippen LogP contribution in [0, 0.1) is 0 Å². The van der Waals surface area contributed by atoms with Gasteiger partial charge in [-0.2, -0.15) is 4.31 Å². The van der Waals surface area contributed by atoms with Crippen LogP contribution in [-0.4, -0.2) is 57.9 Å². The van der Waals surface area contributed by atoms with Crippen LogP contribution in [0.4, 0.5) is 11.4 Å². The van der Waals surface area contributed by atoms with Gasteiger partial charge in [0.25, 0.3) is 5.91 Å². The predicted octanol–water partition coefficient (Wildman–Crippen LogP) is 3.38. The monoisotopic (exact) mass is 509 g/mol. The van der Waals surface area contributed by atoms with Crippen LogP contribution in [0.15, 0.2) is 77.7 Å². The predicted molar refractivity (Wildman–Crippen MR) is 136 cm³/mol.